The van der Waals surface area contributed by atoms with Crippen molar-refractivity contribution >= 4 is 73.5 Å². The molecule has 1 fully saturated rings. The average molecular weight is 694 g/mol. The molecule has 2 amide bonds. The normalized spacial score (nSPS) is 14.3. The lowest BCUT2D eigenvalue weighted by Crippen LogP contribution is -2.27. The Morgan fingerprint density at radius 2 is 1.78 bits per heavy atom. The second-order valence-electron chi connectivity index (χ2n) is 7.78. The molecule has 3 aromatic rings. The van der Waals surface area contributed by atoms with E-state index in [1.165, 1.54) is 4.90 Å². The van der Waals surface area contributed by atoms with Crippen molar-refractivity contribution in [2.24, 2.45) is 0 Å². The lowest BCUT2D eigenvalue weighted by molar-refractivity contribution is -0.123. The number of hydrogen-bond acceptors (Lipinski definition) is 7. The minimum Gasteiger partial charge on any atom is -0.497 e. The SMILES string of the molecule is CCOc1cc(/C=C2\SC(=O)N(Cc3ccc(Br)cc3)C2=O)cc(I)c1OC(=O)c1ccc(OC)cc1. The molecule has 0 radical (unpaired) electrons. The Labute approximate surface area is 240 Å². The molecule has 1 aliphatic rings. The molecule has 0 bridgehead atoms. The number of imide groups is 1. The summed E-state index contributed by atoms with van der Waals surface area (Å²) in [5.41, 5.74) is 1.86. The van der Waals surface area contributed by atoms with Gasteiger partial charge >= 0.3 is 5.97 Å². The summed E-state index contributed by atoms with van der Waals surface area (Å²) in [4.78, 5) is 39.8. The lowest BCUT2D eigenvalue weighted by atomic mass is 10.1. The van der Waals surface area contributed by atoms with E-state index in [9.17, 15) is 14.4 Å². The van der Waals surface area contributed by atoms with Crippen molar-refractivity contribution in [3.63, 3.8) is 0 Å². The Balaban J connectivity index is 1.56. The summed E-state index contributed by atoms with van der Waals surface area (Å²) in [6, 6.07) is 17.5. The maximum atomic E-state index is 13.0. The molecule has 0 spiro atoms. The molecule has 0 N–H and O–H groups in total. The molecule has 0 unspecified atom stereocenters. The highest BCUT2D eigenvalue weighted by Gasteiger charge is 2.35. The van der Waals surface area contributed by atoms with E-state index < -0.39 is 5.97 Å². The zero-order valence-corrected chi connectivity index (χ0v) is 24.4. The van der Waals surface area contributed by atoms with E-state index >= 15 is 0 Å². The van der Waals surface area contributed by atoms with Crippen LogP contribution in [-0.2, 0) is 11.3 Å². The second kappa shape index (κ2) is 12.1. The van der Waals surface area contributed by atoms with Gasteiger partial charge in [-0.25, -0.2) is 4.79 Å². The van der Waals surface area contributed by atoms with Crippen LogP contribution in [0.5, 0.6) is 17.2 Å². The number of methoxy groups -OCH3 is 1. The van der Waals surface area contributed by atoms with Gasteiger partial charge in [0, 0.05) is 4.47 Å². The Kier molecular flexibility index (Phi) is 8.93. The van der Waals surface area contributed by atoms with Gasteiger partial charge in [0.2, 0.25) is 0 Å². The summed E-state index contributed by atoms with van der Waals surface area (Å²) in [5.74, 6) is 0.372. The number of thioether (sulfide) groups is 1. The van der Waals surface area contributed by atoms with Crippen LogP contribution in [0, 0.1) is 3.57 Å². The van der Waals surface area contributed by atoms with Crippen LogP contribution in [0.25, 0.3) is 6.08 Å². The first-order chi connectivity index (χ1) is 17.8. The van der Waals surface area contributed by atoms with Crippen LogP contribution < -0.4 is 14.2 Å². The zero-order valence-electron chi connectivity index (χ0n) is 19.8. The van der Waals surface area contributed by atoms with E-state index in [-0.39, 0.29) is 23.4 Å². The molecule has 1 heterocycles. The van der Waals surface area contributed by atoms with E-state index in [1.807, 2.05) is 31.2 Å². The number of ether oxygens (including phenoxy) is 3. The summed E-state index contributed by atoms with van der Waals surface area (Å²) < 4.78 is 18.1. The van der Waals surface area contributed by atoms with E-state index in [0.29, 0.717) is 37.7 Å². The molecule has 7 nitrogen and oxygen atoms in total. The number of esters is 1. The van der Waals surface area contributed by atoms with Crippen molar-refractivity contribution in [3.05, 3.63) is 90.3 Å². The van der Waals surface area contributed by atoms with Crippen LogP contribution >= 0.6 is 50.3 Å². The molecular formula is C27H21BrINO6S. The maximum absolute atomic E-state index is 13.0. The van der Waals surface area contributed by atoms with Gasteiger partial charge in [-0.3, -0.25) is 14.5 Å². The first kappa shape index (κ1) is 27.2. The number of hydrogen-bond donors (Lipinski definition) is 0. The van der Waals surface area contributed by atoms with Crippen LogP contribution in [0.1, 0.15) is 28.4 Å². The van der Waals surface area contributed by atoms with Gasteiger partial charge in [-0.1, -0.05) is 28.1 Å². The summed E-state index contributed by atoms with van der Waals surface area (Å²) in [6.07, 6.45) is 1.65. The highest BCUT2D eigenvalue weighted by Crippen LogP contribution is 2.38. The first-order valence-electron chi connectivity index (χ1n) is 11.1. The Morgan fingerprint density at radius 3 is 2.43 bits per heavy atom. The van der Waals surface area contributed by atoms with Crippen molar-refractivity contribution in [2.75, 3.05) is 13.7 Å². The Morgan fingerprint density at radius 1 is 1.08 bits per heavy atom. The number of rotatable bonds is 8. The second-order valence-corrected chi connectivity index (χ2v) is 10.8. The molecule has 190 valence electrons. The number of carbonyl (C=O) groups is 3. The van der Waals surface area contributed by atoms with E-state index in [4.69, 9.17) is 14.2 Å². The van der Waals surface area contributed by atoms with Crippen molar-refractivity contribution in [3.8, 4) is 17.2 Å². The fourth-order valence-electron chi connectivity index (χ4n) is 3.47. The summed E-state index contributed by atoms with van der Waals surface area (Å²) >= 11 is 6.33. The van der Waals surface area contributed by atoms with Crippen molar-refractivity contribution in [2.45, 2.75) is 13.5 Å². The lowest BCUT2D eigenvalue weighted by Gasteiger charge is -2.14. The minimum absolute atomic E-state index is 0.192. The zero-order chi connectivity index (χ0) is 26.5. The van der Waals surface area contributed by atoms with Gasteiger partial charge in [0.05, 0.1) is 34.3 Å². The fraction of sp³-hybridized carbons (Fsp3) is 0.148. The molecule has 37 heavy (non-hydrogen) atoms. The molecule has 10 heteroatoms. The van der Waals surface area contributed by atoms with Crippen molar-refractivity contribution < 1.29 is 28.6 Å². The molecular weight excluding hydrogens is 673 g/mol. The predicted molar refractivity (Wildman–Crippen MR) is 154 cm³/mol. The highest BCUT2D eigenvalue weighted by atomic mass is 127. The summed E-state index contributed by atoms with van der Waals surface area (Å²) in [5, 5.41) is -0.330. The number of carbonyl (C=O) groups excluding carboxylic acids is 3. The minimum atomic E-state index is -0.539. The smallest absolute Gasteiger partial charge is 0.343 e. The van der Waals surface area contributed by atoms with Crippen LogP contribution in [-0.4, -0.2) is 35.7 Å². The standard InChI is InChI=1S/C27H21BrINO6S/c1-3-35-22-13-17(12-21(29)24(22)36-26(32)18-6-10-20(34-2)11-7-18)14-23-25(31)30(27(33)37-23)15-16-4-8-19(28)9-5-16/h4-14H,3,15H2,1-2H3/b23-14-. The molecule has 3 aromatic carbocycles. The topological polar surface area (TPSA) is 82.1 Å². The molecule has 4 rings (SSSR count). The molecule has 0 saturated carbocycles. The van der Waals surface area contributed by atoms with Crippen LogP contribution in [0.4, 0.5) is 4.79 Å². The highest BCUT2D eigenvalue weighted by molar-refractivity contribution is 14.1. The first-order valence-corrected chi connectivity index (χ1v) is 13.8. The van der Waals surface area contributed by atoms with Gasteiger partial charge in [-0.2, -0.15) is 0 Å². The summed E-state index contributed by atoms with van der Waals surface area (Å²) in [7, 11) is 1.55. The van der Waals surface area contributed by atoms with E-state index in [1.54, 1.807) is 49.6 Å². The van der Waals surface area contributed by atoms with Gasteiger partial charge in [-0.15, -0.1) is 0 Å². The number of nitrogens with zero attached hydrogens (tertiary/aromatic N) is 1. The van der Waals surface area contributed by atoms with Gasteiger partial charge in [0.25, 0.3) is 11.1 Å². The number of amides is 2. The van der Waals surface area contributed by atoms with E-state index in [0.717, 1.165) is 21.8 Å². The van der Waals surface area contributed by atoms with Crippen molar-refractivity contribution in [1.82, 2.24) is 4.90 Å². The fourth-order valence-corrected chi connectivity index (χ4v) is 5.31. The summed E-state index contributed by atoms with van der Waals surface area (Å²) in [6.45, 7) is 2.36. The molecule has 0 atom stereocenters. The van der Waals surface area contributed by atoms with Crippen LogP contribution in [0.2, 0.25) is 0 Å². The van der Waals surface area contributed by atoms with Crippen LogP contribution in [0.15, 0.2) is 70.0 Å². The predicted octanol–water partition coefficient (Wildman–Crippen LogP) is 6.92. The van der Waals surface area contributed by atoms with Crippen molar-refractivity contribution in [1.29, 1.82) is 0 Å². The third-order valence-corrected chi connectivity index (χ3v) is 7.51. The van der Waals surface area contributed by atoms with E-state index in [2.05, 4.69) is 38.5 Å². The number of benzene rings is 3. The van der Waals surface area contributed by atoms with Gasteiger partial charge in [0.15, 0.2) is 11.5 Å². The molecule has 1 aliphatic heterocycles. The van der Waals surface area contributed by atoms with Gasteiger partial charge < -0.3 is 14.2 Å². The maximum Gasteiger partial charge on any atom is 0.343 e. The Hall–Kier alpha value is -2.83. The number of halogens is 2. The van der Waals surface area contributed by atoms with Gasteiger partial charge in [-0.05, 0) is 107 Å². The molecule has 1 saturated heterocycles. The van der Waals surface area contributed by atoms with Gasteiger partial charge in [0.1, 0.15) is 5.75 Å². The Bertz CT molecular complexity index is 1370. The third-order valence-electron chi connectivity index (χ3n) is 5.28. The monoisotopic (exact) mass is 693 g/mol. The largest absolute Gasteiger partial charge is 0.497 e. The third kappa shape index (κ3) is 6.55. The average Bonchev–Trinajstić information content (AvgIpc) is 3.14. The van der Waals surface area contributed by atoms with Crippen LogP contribution in [0.3, 0.4) is 0 Å². The molecule has 0 aliphatic carbocycles. The molecule has 0 aromatic heterocycles. The quantitative estimate of drug-likeness (QED) is 0.110.